The van der Waals surface area contributed by atoms with E-state index < -0.39 is 0 Å². The molecule has 18 heavy (non-hydrogen) atoms. The fourth-order valence-corrected chi connectivity index (χ4v) is 3.06. The molecule has 2 heterocycles. The number of ether oxygens (including phenoxy) is 1. The summed E-state index contributed by atoms with van der Waals surface area (Å²) in [5.74, 6) is 0.517. The van der Waals surface area contributed by atoms with Gasteiger partial charge in [0.2, 0.25) is 0 Å². The highest BCUT2D eigenvalue weighted by Gasteiger charge is 2.30. The highest BCUT2D eigenvalue weighted by Crippen LogP contribution is 2.36. The summed E-state index contributed by atoms with van der Waals surface area (Å²) >= 11 is 0. The Morgan fingerprint density at radius 2 is 1.67 bits per heavy atom. The van der Waals surface area contributed by atoms with Crippen molar-refractivity contribution in [2.75, 3.05) is 37.8 Å². The van der Waals surface area contributed by atoms with Crippen molar-refractivity contribution in [2.24, 2.45) is 0 Å². The second-order valence-electron chi connectivity index (χ2n) is 5.35. The lowest BCUT2D eigenvalue weighted by Gasteiger charge is -2.41. The number of nitrogens with zero attached hydrogens (tertiary/aromatic N) is 1. The van der Waals surface area contributed by atoms with Crippen molar-refractivity contribution < 1.29 is 4.74 Å². The Labute approximate surface area is 108 Å². The maximum absolute atomic E-state index is 6.07. The molecule has 2 saturated heterocycles. The number of hydrogen-bond donors (Lipinski definition) is 2. The van der Waals surface area contributed by atoms with Crippen LogP contribution >= 0.6 is 0 Å². The van der Waals surface area contributed by atoms with Gasteiger partial charge in [0.05, 0.1) is 19.3 Å². The molecule has 0 atom stereocenters. The first kappa shape index (κ1) is 11.8. The number of anilines is 2. The van der Waals surface area contributed by atoms with Crippen molar-refractivity contribution in [3.05, 3.63) is 23.8 Å². The maximum Gasteiger partial charge on any atom is 0.0645 e. The zero-order valence-corrected chi connectivity index (χ0v) is 10.6. The quantitative estimate of drug-likeness (QED) is 0.776. The van der Waals surface area contributed by atoms with E-state index in [0.29, 0.717) is 12.0 Å². The SMILES string of the molecule is Nc1cccc(N)c1C1CCN(C2COC2)CC1. The average molecular weight is 247 g/mol. The van der Waals surface area contributed by atoms with E-state index in [0.717, 1.165) is 50.5 Å². The van der Waals surface area contributed by atoms with Gasteiger partial charge in [-0.3, -0.25) is 4.90 Å². The highest BCUT2D eigenvalue weighted by molar-refractivity contribution is 5.62. The summed E-state index contributed by atoms with van der Waals surface area (Å²) in [4.78, 5) is 2.54. The molecule has 0 saturated carbocycles. The van der Waals surface area contributed by atoms with Gasteiger partial charge in [-0.05, 0) is 44.0 Å². The first-order valence-electron chi connectivity index (χ1n) is 6.71. The topological polar surface area (TPSA) is 64.5 Å². The third kappa shape index (κ3) is 2.06. The van der Waals surface area contributed by atoms with E-state index in [2.05, 4.69) is 4.90 Å². The van der Waals surface area contributed by atoms with E-state index in [1.54, 1.807) is 0 Å². The molecular weight excluding hydrogens is 226 g/mol. The minimum Gasteiger partial charge on any atom is -0.398 e. The molecule has 0 bridgehead atoms. The minimum absolute atomic E-state index is 0.517. The lowest BCUT2D eigenvalue weighted by Crippen LogP contribution is -2.51. The molecule has 2 fully saturated rings. The van der Waals surface area contributed by atoms with E-state index in [1.165, 1.54) is 5.56 Å². The molecule has 4 nitrogen and oxygen atoms in total. The molecule has 1 aromatic rings. The first-order chi connectivity index (χ1) is 8.75. The average Bonchev–Trinajstić information content (AvgIpc) is 2.29. The molecule has 0 unspecified atom stereocenters. The van der Waals surface area contributed by atoms with Crippen LogP contribution in [0.25, 0.3) is 0 Å². The predicted octanol–water partition coefficient (Wildman–Crippen LogP) is 1.43. The van der Waals surface area contributed by atoms with Gasteiger partial charge in [0.15, 0.2) is 0 Å². The normalized spacial score (nSPS) is 22.9. The Kier molecular flexibility index (Phi) is 3.14. The number of likely N-dealkylation sites (tertiary alicyclic amines) is 1. The molecule has 4 heteroatoms. The summed E-state index contributed by atoms with van der Waals surface area (Å²) in [6, 6.07) is 6.49. The van der Waals surface area contributed by atoms with Crippen molar-refractivity contribution >= 4 is 11.4 Å². The fraction of sp³-hybridized carbons (Fsp3) is 0.571. The summed E-state index contributed by atoms with van der Waals surface area (Å²) in [6.07, 6.45) is 2.30. The van der Waals surface area contributed by atoms with Crippen LogP contribution < -0.4 is 11.5 Å². The van der Waals surface area contributed by atoms with Crippen LogP contribution in [0.3, 0.4) is 0 Å². The van der Waals surface area contributed by atoms with Crippen LogP contribution in [0.4, 0.5) is 11.4 Å². The van der Waals surface area contributed by atoms with E-state index >= 15 is 0 Å². The van der Waals surface area contributed by atoms with Gasteiger partial charge >= 0.3 is 0 Å². The van der Waals surface area contributed by atoms with Crippen LogP contribution in [0.1, 0.15) is 24.3 Å². The Bertz CT molecular complexity index is 403. The summed E-state index contributed by atoms with van der Waals surface area (Å²) in [6.45, 7) is 4.07. The van der Waals surface area contributed by atoms with Gasteiger partial charge in [0.1, 0.15) is 0 Å². The number of piperidine rings is 1. The molecule has 0 aliphatic carbocycles. The van der Waals surface area contributed by atoms with Crippen molar-refractivity contribution in [3.63, 3.8) is 0 Å². The summed E-state index contributed by atoms with van der Waals surface area (Å²) in [7, 11) is 0. The minimum atomic E-state index is 0.517. The lowest BCUT2D eigenvalue weighted by molar-refractivity contribution is -0.0712. The lowest BCUT2D eigenvalue weighted by atomic mass is 9.86. The van der Waals surface area contributed by atoms with E-state index in [1.807, 2.05) is 18.2 Å². The Morgan fingerprint density at radius 3 is 2.17 bits per heavy atom. The van der Waals surface area contributed by atoms with Crippen LogP contribution in [0.5, 0.6) is 0 Å². The van der Waals surface area contributed by atoms with Crippen LogP contribution in [0.15, 0.2) is 18.2 Å². The van der Waals surface area contributed by atoms with Gasteiger partial charge in [-0.2, -0.15) is 0 Å². The Hall–Kier alpha value is -1.26. The van der Waals surface area contributed by atoms with Crippen LogP contribution in [0, 0.1) is 0 Å². The molecule has 0 radical (unpaired) electrons. The van der Waals surface area contributed by atoms with Crippen LogP contribution in [-0.2, 0) is 4.74 Å². The zero-order chi connectivity index (χ0) is 12.5. The third-order valence-electron chi connectivity index (χ3n) is 4.25. The maximum atomic E-state index is 6.07. The van der Waals surface area contributed by atoms with Crippen molar-refractivity contribution in [2.45, 2.75) is 24.8 Å². The van der Waals surface area contributed by atoms with Gasteiger partial charge in [-0.1, -0.05) is 6.07 Å². The summed E-state index contributed by atoms with van der Waals surface area (Å²) in [5.41, 5.74) is 15.0. The highest BCUT2D eigenvalue weighted by atomic mass is 16.5. The fourth-order valence-electron chi connectivity index (χ4n) is 3.06. The molecule has 2 aliphatic rings. The van der Waals surface area contributed by atoms with Gasteiger partial charge in [-0.15, -0.1) is 0 Å². The monoisotopic (exact) mass is 247 g/mol. The van der Waals surface area contributed by atoms with Crippen molar-refractivity contribution in [1.82, 2.24) is 4.90 Å². The first-order valence-corrected chi connectivity index (χ1v) is 6.71. The third-order valence-corrected chi connectivity index (χ3v) is 4.25. The molecule has 0 spiro atoms. The number of rotatable bonds is 2. The Morgan fingerprint density at radius 1 is 1.06 bits per heavy atom. The molecular formula is C14H21N3O. The van der Waals surface area contributed by atoms with Gasteiger partial charge in [-0.25, -0.2) is 0 Å². The summed E-state index contributed by atoms with van der Waals surface area (Å²) < 4.78 is 5.26. The molecule has 98 valence electrons. The molecule has 1 aromatic carbocycles. The molecule has 4 N–H and O–H groups in total. The summed E-state index contributed by atoms with van der Waals surface area (Å²) in [5, 5.41) is 0. The largest absolute Gasteiger partial charge is 0.398 e. The molecule has 0 amide bonds. The van der Waals surface area contributed by atoms with Gasteiger partial charge in [0.25, 0.3) is 0 Å². The zero-order valence-electron chi connectivity index (χ0n) is 10.6. The second kappa shape index (κ2) is 4.78. The number of nitrogen functional groups attached to an aromatic ring is 2. The van der Waals surface area contributed by atoms with Crippen molar-refractivity contribution in [1.29, 1.82) is 0 Å². The predicted molar refractivity (Wildman–Crippen MR) is 73.4 cm³/mol. The molecule has 0 aromatic heterocycles. The van der Waals surface area contributed by atoms with E-state index in [4.69, 9.17) is 16.2 Å². The van der Waals surface area contributed by atoms with E-state index in [9.17, 15) is 0 Å². The van der Waals surface area contributed by atoms with Crippen molar-refractivity contribution in [3.8, 4) is 0 Å². The van der Waals surface area contributed by atoms with Crippen LogP contribution in [0.2, 0.25) is 0 Å². The standard InChI is InChI=1S/C14H21N3O/c15-12-2-1-3-13(16)14(12)10-4-6-17(7-5-10)11-8-18-9-11/h1-3,10-11H,4-9,15-16H2. The molecule has 2 aliphatic heterocycles. The van der Waals surface area contributed by atoms with E-state index in [-0.39, 0.29) is 0 Å². The second-order valence-corrected chi connectivity index (χ2v) is 5.35. The number of benzene rings is 1. The van der Waals surface area contributed by atoms with Gasteiger partial charge in [0, 0.05) is 16.9 Å². The van der Waals surface area contributed by atoms with Crippen LogP contribution in [-0.4, -0.2) is 37.2 Å². The number of hydrogen-bond acceptors (Lipinski definition) is 4. The van der Waals surface area contributed by atoms with Gasteiger partial charge < -0.3 is 16.2 Å². The smallest absolute Gasteiger partial charge is 0.0645 e. The Balaban J connectivity index is 1.68. The molecule has 3 rings (SSSR count). The number of nitrogens with two attached hydrogens (primary N) is 2.